The molecule has 0 fully saturated rings. The van der Waals surface area contributed by atoms with Crippen molar-refractivity contribution < 1.29 is 14.3 Å². The molecule has 0 amide bonds. The number of carbonyl (C=O) groups is 1. The molecule has 0 aliphatic rings. The fraction of sp³-hybridized carbons (Fsp3) is 0.111. The number of hydrogen-bond acceptors (Lipinski definition) is 4. The van der Waals surface area contributed by atoms with Gasteiger partial charge in [-0.05, 0) is 41.5 Å². The standard InChI is InChI=1S/C18H14ClNO3/c1-22-17-8-4-13(5-9-17)10-15(11-20)18(21)23-12-14-2-6-16(19)7-3-14/h2-10H,12H2,1H3. The lowest BCUT2D eigenvalue weighted by molar-refractivity contribution is -0.139. The van der Waals surface area contributed by atoms with E-state index in [0.29, 0.717) is 16.3 Å². The fourth-order valence-electron chi connectivity index (χ4n) is 1.81. The monoisotopic (exact) mass is 327 g/mol. The molecule has 0 saturated heterocycles. The SMILES string of the molecule is COc1ccc(C=C(C#N)C(=O)OCc2ccc(Cl)cc2)cc1. The minimum Gasteiger partial charge on any atom is -0.497 e. The molecule has 0 N–H and O–H groups in total. The van der Waals surface area contributed by atoms with Crippen LogP contribution in [0.4, 0.5) is 0 Å². The molecule has 0 spiro atoms. The molecule has 0 aromatic heterocycles. The molecule has 0 aliphatic heterocycles. The molecule has 0 unspecified atom stereocenters. The Morgan fingerprint density at radius 1 is 1.17 bits per heavy atom. The third-order valence-corrected chi connectivity index (χ3v) is 3.30. The van der Waals surface area contributed by atoms with E-state index in [-0.39, 0.29) is 12.2 Å². The zero-order valence-corrected chi connectivity index (χ0v) is 13.2. The third-order valence-electron chi connectivity index (χ3n) is 3.05. The van der Waals surface area contributed by atoms with E-state index in [1.807, 2.05) is 6.07 Å². The van der Waals surface area contributed by atoms with Gasteiger partial charge in [0.15, 0.2) is 0 Å². The van der Waals surface area contributed by atoms with Crippen LogP contribution in [0.15, 0.2) is 54.1 Å². The van der Waals surface area contributed by atoms with Crippen molar-refractivity contribution in [1.82, 2.24) is 0 Å². The zero-order valence-electron chi connectivity index (χ0n) is 12.5. The van der Waals surface area contributed by atoms with Gasteiger partial charge in [-0.25, -0.2) is 4.79 Å². The number of hydrogen-bond donors (Lipinski definition) is 0. The first-order valence-corrected chi connectivity index (χ1v) is 7.17. The Morgan fingerprint density at radius 2 is 1.83 bits per heavy atom. The number of rotatable bonds is 5. The molecule has 0 heterocycles. The number of nitriles is 1. The van der Waals surface area contributed by atoms with Crippen LogP contribution >= 0.6 is 11.6 Å². The predicted molar refractivity (Wildman–Crippen MR) is 87.8 cm³/mol. The van der Waals surface area contributed by atoms with E-state index in [1.54, 1.807) is 55.6 Å². The van der Waals surface area contributed by atoms with Crippen LogP contribution in [0.1, 0.15) is 11.1 Å². The Bertz CT molecular complexity index is 743. The summed E-state index contributed by atoms with van der Waals surface area (Å²) in [4.78, 5) is 12.0. The summed E-state index contributed by atoms with van der Waals surface area (Å²) in [6.45, 7) is 0.0810. The molecule has 0 aliphatic carbocycles. The molecular formula is C18H14ClNO3. The Labute approximate surface area is 139 Å². The summed E-state index contributed by atoms with van der Waals surface area (Å²) in [5.41, 5.74) is 1.44. The van der Waals surface area contributed by atoms with E-state index in [0.717, 1.165) is 5.56 Å². The fourth-order valence-corrected chi connectivity index (χ4v) is 1.94. The van der Waals surface area contributed by atoms with Crippen LogP contribution in [0.25, 0.3) is 6.08 Å². The molecule has 23 heavy (non-hydrogen) atoms. The highest BCUT2D eigenvalue weighted by Gasteiger charge is 2.11. The molecule has 0 atom stereocenters. The van der Waals surface area contributed by atoms with Gasteiger partial charge in [0.05, 0.1) is 7.11 Å². The highest BCUT2D eigenvalue weighted by Crippen LogP contribution is 2.15. The van der Waals surface area contributed by atoms with Crippen LogP contribution in [0.3, 0.4) is 0 Å². The highest BCUT2D eigenvalue weighted by atomic mass is 35.5. The van der Waals surface area contributed by atoms with Crippen molar-refractivity contribution >= 4 is 23.6 Å². The van der Waals surface area contributed by atoms with Crippen molar-refractivity contribution in [3.8, 4) is 11.8 Å². The minimum atomic E-state index is -0.668. The van der Waals surface area contributed by atoms with Gasteiger partial charge in [0.25, 0.3) is 0 Å². The Kier molecular flexibility index (Phi) is 5.79. The Balaban J connectivity index is 2.04. The third kappa shape index (κ3) is 4.87. The largest absolute Gasteiger partial charge is 0.497 e. The van der Waals surface area contributed by atoms with Crippen LogP contribution in [-0.4, -0.2) is 13.1 Å². The molecule has 116 valence electrons. The molecule has 2 aromatic rings. The van der Waals surface area contributed by atoms with E-state index in [9.17, 15) is 4.79 Å². The summed E-state index contributed by atoms with van der Waals surface area (Å²) >= 11 is 5.79. The summed E-state index contributed by atoms with van der Waals surface area (Å²) in [7, 11) is 1.57. The van der Waals surface area contributed by atoms with Crippen molar-refractivity contribution in [1.29, 1.82) is 5.26 Å². The smallest absolute Gasteiger partial charge is 0.349 e. The van der Waals surface area contributed by atoms with Crippen molar-refractivity contribution in [2.45, 2.75) is 6.61 Å². The molecule has 0 saturated carbocycles. The van der Waals surface area contributed by atoms with Crippen molar-refractivity contribution in [3.63, 3.8) is 0 Å². The van der Waals surface area contributed by atoms with Crippen LogP contribution in [-0.2, 0) is 16.1 Å². The second-order valence-corrected chi connectivity index (χ2v) is 5.08. The predicted octanol–water partition coefficient (Wildman–Crippen LogP) is 4.00. The molecule has 2 aromatic carbocycles. The maximum atomic E-state index is 12.0. The summed E-state index contributed by atoms with van der Waals surface area (Å²) < 4.78 is 10.2. The lowest BCUT2D eigenvalue weighted by Gasteiger charge is -2.04. The topological polar surface area (TPSA) is 59.3 Å². The van der Waals surface area contributed by atoms with Crippen LogP contribution in [0.5, 0.6) is 5.75 Å². The average Bonchev–Trinajstić information content (AvgIpc) is 2.59. The number of ether oxygens (including phenoxy) is 2. The number of methoxy groups -OCH3 is 1. The Hall–Kier alpha value is -2.77. The van der Waals surface area contributed by atoms with Gasteiger partial charge < -0.3 is 9.47 Å². The van der Waals surface area contributed by atoms with Crippen molar-refractivity contribution in [2.75, 3.05) is 7.11 Å². The maximum Gasteiger partial charge on any atom is 0.349 e. The molecule has 2 rings (SSSR count). The molecule has 0 radical (unpaired) electrons. The number of esters is 1. The first kappa shape index (κ1) is 16.6. The lowest BCUT2D eigenvalue weighted by atomic mass is 10.1. The normalized spacial score (nSPS) is 10.7. The first-order valence-electron chi connectivity index (χ1n) is 6.80. The Morgan fingerprint density at radius 3 is 2.39 bits per heavy atom. The summed E-state index contributed by atoms with van der Waals surface area (Å²) in [5, 5.41) is 9.74. The van der Waals surface area contributed by atoms with E-state index in [2.05, 4.69) is 0 Å². The summed E-state index contributed by atoms with van der Waals surface area (Å²) in [6, 6.07) is 15.8. The van der Waals surface area contributed by atoms with Crippen molar-refractivity contribution in [2.24, 2.45) is 0 Å². The van der Waals surface area contributed by atoms with Gasteiger partial charge >= 0.3 is 5.97 Å². The van der Waals surface area contributed by atoms with Crippen LogP contribution < -0.4 is 4.74 Å². The number of nitrogens with zero attached hydrogens (tertiary/aromatic N) is 1. The van der Waals surface area contributed by atoms with Crippen LogP contribution in [0.2, 0.25) is 5.02 Å². The van der Waals surface area contributed by atoms with E-state index in [4.69, 9.17) is 26.3 Å². The lowest BCUT2D eigenvalue weighted by Crippen LogP contribution is -2.06. The van der Waals surface area contributed by atoms with Crippen LogP contribution in [0, 0.1) is 11.3 Å². The number of benzene rings is 2. The van der Waals surface area contributed by atoms with Gasteiger partial charge in [0.1, 0.15) is 24.0 Å². The van der Waals surface area contributed by atoms with E-state index >= 15 is 0 Å². The number of carbonyl (C=O) groups excluding carboxylic acids is 1. The van der Waals surface area contributed by atoms with E-state index < -0.39 is 5.97 Å². The second kappa shape index (κ2) is 8.02. The molecule has 4 nitrogen and oxygen atoms in total. The highest BCUT2D eigenvalue weighted by molar-refractivity contribution is 6.30. The van der Waals surface area contributed by atoms with Gasteiger partial charge in [0.2, 0.25) is 0 Å². The zero-order chi connectivity index (χ0) is 16.7. The number of halogens is 1. The minimum absolute atomic E-state index is 0.0656. The van der Waals surface area contributed by atoms with Gasteiger partial charge in [-0.2, -0.15) is 5.26 Å². The van der Waals surface area contributed by atoms with Gasteiger partial charge in [0, 0.05) is 5.02 Å². The van der Waals surface area contributed by atoms with Gasteiger partial charge in [-0.15, -0.1) is 0 Å². The maximum absolute atomic E-state index is 12.0. The molecule has 5 heteroatoms. The van der Waals surface area contributed by atoms with E-state index in [1.165, 1.54) is 6.08 Å². The average molecular weight is 328 g/mol. The summed E-state index contributed by atoms with van der Waals surface area (Å²) in [6.07, 6.45) is 1.48. The first-order chi connectivity index (χ1) is 11.1. The van der Waals surface area contributed by atoms with Crippen molar-refractivity contribution in [3.05, 3.63) is 70.3 Å². The molecule has 0 bridgehead atoms. The van der Waals surface area contributed by atoms with Gasteiger partial charge in [-0.3, -0.25) is 0 Å². The quantitative estimate of drug-likeness (QED) is 0.473. The molecular weight excluding hydrogens is 314 g/mol. The summed E-state index contributed by atoms with van der Waals surface area (Å²) in [5.74, 6) is 0.0317. The van der Waals surface area contributed by atoms with Gasteiger partial charge in [-0.1, -0.05) is 35.9 Å². The second-order valence-electron chi connectivity index (χ2n) is 4.65.